The van der Waals surface area contributed by atoms with Crippen molar-refractivity contribution < 1.29 is 0 Å². The smallest absolute Gasteiger partial charge is 0.131 e. The van der Waals surface area contributed by atoms with Crippen molar-refractivity contribution in [3.05, 3.63) is 46.1 Å². The van der Waals surface area contributed by atoms with Gasteiger partial charge in [0, 0.05) is 31.2 Å². The van der Waals surface area contributed by atoms with Crippen molar-refractivity contribution in [3.63, 3.8) is 0 Å². The third-order valence-corrected chi connectivity index (χ3v) is 4.19. The Morgan fingerprint density at radius 3 is 2.52 bits per heavy atom. The topological polar surface area (TPSA) is 33.1 Å². The summed E-state index contributed by atoms with van der Waals surface area (Å²) in [5, 5.41) is 8.54. The molecule has 0 saturated heterocycles. The third-order valence-electron chi connectivity index (χ3n) is 3.93. The van der Waals surface area contributed by atoms with E-state index < -0.39 is 0 Å². The molecule has 0 bridgehead atoms. The zero-order valence-electron chi connectivity index (χ0n) is 13.3. The number of anilines is 1. The molecule has 1 atom stereocenters. The lowest BCUT2D eigenvalue weighted by Crippen LogP contribution is -2.25. The number of halogens is 1. The molecule has 1 N–H and O–H groups in total. The molecular weight excluding hydrogens is 284 g/mol. The van der Waals surface area contributed by atoms with Gasteiger partial charge >= 0.3 is 0 Å². The van der Waals surface area contributed by atoms with Crippen molar-refractivity contribution in [3.8, 4) is 0 Å². The molecule has 114 valence electrons. The molecule has 1 unspecified atom stereocenters. The summed E-state index contributed by atoms with van der Waals surface area (Å²) in [6.45, 7) is 5.05. The summed E-state index contributed by atoms with van der Waals surface area (Å²) in [7, 11) is 6.06. The first-order valence-electron chi connectivity index (χ1n) is 7.11. The minimum atomic E-state index is 0.243. The maximum absolute atomic E-state index is 5.97. The van der Waals surface area contributed by atoms with E-state index >= 15 is 0 Å². The molecule has 21 heavy (non-hydrogen) atoms. The fourth-order valence-electron chi connectivity index (χ4n) is 2.66. The van der Waals surface area contributed by atoms with Crippen LogP contribution in [0.1, 0.15) is 29.8 Å². The molecule has 0 fully saturated rings. The highest BCUT2D eigenvalue weighted by atomic mass is 35.5. The zero-order valence-corrected chi connectivity index (χ0v) is 14.1. The molecule has 4 nitrogen and oxygen atoms in total. The van der Waals surface area contributed by atoms with Crippen molar-refractivity contribution in [1.82, 2.24) is 15.1 Å². The van der Waals surface area contributed by atoms with Crippen molar-refractivity contribution >= 4 is 17.4 Å². The summed E-state index contributed by atoms with van der Waals surface area (Å²) in [5.74, 6) is 1.14. The van der Waals surface area contributed by atoms with Crippen LogP contribution in [0.5, 0.6) is 0 Å². The van der Waals surface area contributed by atoms with Crippen LogP contribution in [0.4, 0.5) is 5.82 Å². The maximum Gasteiger partial charge on any atom is 0.131 e. The van der Waals surface area contributed by atoms with Gasteiger partial charge in [-0.1, -0.05) is 23.7 Å². The van der Waals surface area contributed by atoms with Crippen LogP contribution in [-0.2, 0) is 13.6 Å². The van der Waals surface area contributed by atoms with Gasteiger partial charge in [0.15, 0.2) is 0 Å². The number of nitrogens with zero attached hydrogens (tertiary/aromatic N) is 3. The van der Waals surface area contributed by atoms with E-state index in [-0.39, 0.29) is 6.04 Å². The molecule has 0 amide bonds. The highest BCUT2D eigenvalue weighted by Crippen LogP contribution is 2.30. The minimum absolute atomic E-state index is 0.243. The monoisotopic (exact) mass is 306 g/mol. The van der Waals surface area contributed by atoms with Crippen molar-refractivity contribution in [1.29, 1.82) is 0 Å². The highest BCUT2D eigenvalue weighted by molar-refractivity contribution is 6.30. The van der Waals surface area contributed by atoms with Crippen LogP contribution in [0.15, 0.2) is 24.3 Å². The summed E-state index contributed by atoms with van der Waals surface area (Å²) in [5.41, 5.74) is 3.54. The molecule has 1 aromatic carbocycles. The zero-order chi connectivity index (χ0) is 15.6. The Balaban J connectivity index is 2.35. The highest BCUT2D eigenvalue weighted by Gasteiger charge is 2.21. The van der Waals surface area contributed by atoms with Crippen LogP contribution in [-0.4, -0.2) is 23.9 Å². The Hall–Kier alpha value is -1.52. The summed E-state index contributed by atoms with van der Waals surface area (Å²) >= 11 is 5.97. The fourth-order valence-corrected chi connectivity index (χ4v) is 2.79. The van der Waals surface area contributed by atoms with Gasteiger partial charge in [0.25, 0.3) is 0 Å². The largest absolute Gasteiger partial charge is 0.353 e. The Kier molecular flexibility index (Phi) is 4.91. The van der Waals surface area contributed by atoms with Crippen LogP contribution in [0.2, 0.25) is 5.02 Å². The molecule has 0 aliphatic carbocycles. The summed E-state index contributed by atoms with van der Waals surface area (Å²) < 4.78 is 1.95. The van der Waals surface area contributed by atoms with E-state index in [4.69, 9.17) is 11.6 Å². The maximum atomic E-state index is 5.97. The molecule has 0 aliphatic heterocycles. The lowest BCUT2D eigenvalue weighted by molar-refractivity contribution is 0.668. The van der Waals surface area contributed by atoms with E-state index in [9.17, 15) is 0 Å². The van der Waals surface area contributed by atoms with E-state index in [0.29, 0.717) is 0 Å². The van der Waals surface area contributed by atoms with Gasteiger partial charge < -0.3 is 10.2 Å². The van der Waals surface area contributed by atoms with Gasteiger partial charge in [-0.2, -0.15) is 5.10 Å². The predicted octanol–water partition coefficient (Wildman–Crippen LogP) is 3.30. The normalized spacial score (nSPS) is 12.5. The van der Waals surface area contributed by atoms with Crippen molar-refractivity contribution in [2.75, 3.05) is 19.0 Å². The van der Waals surface area contributed by atoms with Crippen molar-refractivity contribution in [2.24, 2.45) is 7.05 Å². The van der Waals surface area contributed by atoms with Crippen LogP contribution in [0.25, 0.3) is 0 Å². The van der Waals surface area contributed by atoms with Gasteiger partial charge in [0.05, 0.1) is 11.7 Å². The number of nitrogens with one attached hydrogen (secondary N) is 1. The number of aryl methyl sites for hydroxylation is 2. The number of rotatable bonds is 5. The summed E-state index contributed by atoms with van der Waals surface area (Å²) in [6.07, 6.45) is 0. The molecule has 0 saturated carbocycles. The first-order valence-corrected chi connectivity index (χ1v) is 7.48. The van der Waals surface area contributed by atoms with Gasteiger partial charge in [-0.3, -0.25) is 4.68 Å². The van der Waals surface area contributed by atoms with Gasteiger partial charge in [-0.25, -0.2) is 0 Å². The average Bonchev–Trinajstić information content (AvgIpc) is 2.73. The lowest BCUT2D eigenvalue weighted by Gasteiger charge is -2.28. The Bertz CT molecular complexity index is 603. The van der Waals surface area contributed by atoms with E-state index in [0.717, 1.165) is 23.1 Å². The number of hydrogen-bond acceptors (Lipinski definition) is 3. The molecule has 5 heteroatoms. The van der Waals surface area contributed by atoms with Gasteiger partial charge in [-0.05, 0) is 38.6 Å². The van der Waals surface area contributed by atoms with Crippen molar-refractivity contribution in [2.45, 2.75) is 26.4 Å². The van der Waals surface area contributed by atoms with Crippen LogP contribution < -0.4 is 10.2 Å². The van der Waals surface area contributed by atoms with Gasteiger partial charge in [0.1, 0.15) is 5.82 Å². The van der Waals surface area contributed by atoms with E-state index in [1.54, 1.807) is 0 Å². The SMILES string of the molecule is CNCc1c(C)nn(C)c1N(C)C(C)c1ccc(Cl)cc1. The predicted molar refractivity (Wildman–Crippen MR) is 89.0 cm³/mol. The quantitative estimate of drug-likeness (QED) is 0.920. The molecular formula is C16H23ClN4. The summed E-state index contributed by atoms with van der Waals surface area (Å²) in [4.78, 5) is 2.26. The van der Waals surface area contributed by atoms with E-state index in [1.165, 1.54) is 11.1 Å². The second-order valence-electron chi connectivity index (χ2n) is 5.38. The first-order chi connectivity index (χ1) is 9.95. The Morgan fingerprint density at radius 2 is 1.95 bits per heavy atom. The molecule has 2 aromatic rings. The number of aromatic nitrogens is 2. The second-order valence-corrected chi connectivity index (χ2v) is 5.82. The van der Waals surface area contributed by atoms with E-state index in [1.807, 2.05) is 30.9 Å². The minimum Gasteiger partial charge on any atom is -0.353 e. The molecule has 1 heterocycles. The molecule has 1 aromatic heterocycles. The fraction of sp³-hybridized carbons (Fsp3) is 0.438. The third kappa shape index (κ3) is 3.22. The lowest BCUT2D eigenvalue weighted by atomic mass is 10.1. The molecule has 0 aliphatic rings. The summed E-state index contributed by atoms with van der Waals surface area (Å²) in [6, 6.07) is 8.26. The second kappa shape index (κ2) is 6.50. The van der Waals surface area contributed by atoms with Gasteiger partial charge in [-0.15, -0.1) is 0 Å². The average molecular weight is 307 g/mol. The molecule has 0 radical (unpaired) electrons. The molecule has 0 spiro atoms. The first kappa shape index (κ1) is 15.9. The molecule has 2 rings (SSSR count). The van der Waals surface area contributed by atoms with Crippen LogP contribution in [0, 0.1) is 6.92 Å². The Morgan fingerprint density at radius 1 is 1.33 bits per heavy atom. The number of benzene rings is 1. The Labute approximate surface area is 131 Å². The van der Waals surface area contributed by atoms with Gasteiger partial charge in [0.2, 0.25) is 0 Å². The van der Waals surface area contributed by atoms with Crippen LogP contribution >= 0.6 is 11.6 Å². The van der Waals surface area contributed by atoms with E-state index in [2.05, 4.69) is 48.3 Å². The standard InChI is InChI=1S/C16H23ClN4/c1-11-15(10-18-3)16(21(5)19-11)20(4)12(2)13-6-8-14(17)9-7-13/h6-9,12,18H,10H2,1-5H3. The number of hydrogen-bond donors (Lipinski definition) is 1. The van der Waals surface area contributed by atoms with Crippen LogP contribution in [0.3, 0.4) is 0 Å².